The topological polar surface area (TPSA) is 92.7 Å². The number of rotatable bonds is 2. The fourth-order valence-electron chi connectivity index (χ4n) is 3.17. The lowest BCUT2D eigenvalue weighted by atomic mass is 9.93. The number of likely N-dealkylation sites (N-methyl/N-ethyl adjacent to an activating group) is 1. The molecular weight excluding hydrogens is 272 g/mol. The van der Waals surface area contributed by atoms with Gasteiger partial charge in [0, 0.05) is 37.3 Å². The molecule has 7 nitrogen and oxygen atoms in total. The molecule has 3 N–H and O–H groups in total. The van der Waals surface area contributed by atoms with Crippen molar-refractivity contribution >= 4 is 5.91 Å². The second-order valence-corrected chi connectivity index (χ2v) is 6.23. The third-order valence-corrected chi connectivity index (χ3v) is 4.46. The van der Waals surface area contributed by atoms with Crippen LogP contribution in [-0.2, 0) is 13.0 Å². The lowest BCUT2D eigenvalue weighted by molar-refractivity contribution is -0.0599. The van der Waals surface area contributed by atoms with Crippen LogP contribution in [0.4, 0.5) is 0 Å². The third-order valence-electron chi connectivity index (χ3n) is 4.46. The Hall–Kier alpha value is -1.44. The average Bonchev–Trinajstić information content (AvgIpc) is 2.89. The SMILES string of the molecule is CN1CCc2[nH]nc(C(=O)N3CCC[C@@](O)(CO)C3)c2C1. The molecule has 21 heavy (non-hydrogen) atoms. The van der Waals surface area contributed by atoms with Gasteiger partial charge in [0.15, 0.2) is 5.69 Å². The number of aromatic nitrogens is 2. The summed E-state index contributed by atoms with van der Waals surface area (Å²) in [5, 5.41) is 26.6. The summed E-state index contributed by atoms with van der Waals surface area (Å²) >= 11 is 0. The summed E-state index contributed by atoms with van der Waals surface area (Å²) in [5.41, 5.74) is 1.28. The molecule has 2 aliphatic rings. The molecule has 0 aliphatic carbocycles. The predicted octanol–water partition coefficient (Wildman–Crippen LogP) is -0.643. The number of hydrogen-bond acceptors (Lipinski definition) is 5. The van der Waals surface area contributed by atoms with Crippen LogP contribution < -0.4 is 0 Å². The molecule has 1 amide bonds. The molecule has 7 heteroatoms. The van der Waals surface area contributed by atoms with Crippen molar-refractivity contribution in [2.45, 2.75) is 31.4 Å². The zero-order chi connectivity index (χ0) is 15.0. The first-order valence-electron chi connectivity index (χ1n) is 7.39. The number of piperidine rings is 1. The average molecular weight is 294 g/mol. The fourth-order valence-corrected chi connectivity index (χ4v) is 3.17. The number of carbonyl (C=O) groups excluding carboxylic acids is 1. The summed E-state index contributed by atoms with van der Waals surface area (Å²) in [6, 6.07) is 0. The minimum atomic E-state index is -1.18. The second kappa shape index (κ2) is 5.40. The van der Waals surface area contributed by atoms with Crippen LogP contribution in [-0.4, -0.2) is 75.0 Å². The molecule has 1 aromatic heterocycles. The van der Waals surface area contributed by atoms with Gasteiger partial charge in [0.25, 0.3) is 5.91 Å². The monoisotopic (exact) mass is 294 g/mol. The van der Waals surface area contributed by atoms with Gasteiger partial charge in [-0.15, -0.1) is 0 Å². The summed E-state index contributed by atoms with van der Waals surface area (Å²) < 4.78 is 0. The molecule has 0 aromatic carbocycles. The molecule has 0 saturated carbocycles. The van der Waals surface area contributed by atoms with Crippen LogP contribution in [0, 0.1) is 0 Å². The second-order valence-electron chi connectivity index (χ2n) is 6.23. The molecule has 1 aromatic rings. The van der Waals surface area contributed by atoms with Crippen molar-refractivity contribution in [3.8, 4) is 0 Å². The molecule has 3 heterocycles. The van der Waals surface area contributed by atoms with Gasteiger partial charge in [-0.05, 0) is 19.9 Å². The molecule has 0 spiro atoms. The van der Waals surface area contributed by atoms with Gasteiger partial charge in [-0.3, -0.25) is 9.89 Å². The molecule has 1 fully saturated rings. The zero-order valence-electron chi connectivity index (χ0n) is 12.3. The van der Waals surface area contributed by atoms with E-state index in [4.69, 9.17) is 0 Å². The summed E-state index contributed by atoms with van der Waals surface area (Å²) in [4.78, 5) is 16.4. The zero-order valence-corrected chi connectivity index (χ0v) is 12.3. The Morgan fingerprint density at radius 3 is 3.05 bits per heavy atom. The number of hydrogen-bond donors (Lipinski definition) is 3. The van der Waals surface area contributed by atoms with Crippen molar-refractivity contribution < 1.29 is 15.0 Å². The number of aliphatic hydroxyl groups excluding tert-OH is 1. The first-order chi connectivity index (χ1) is 10.0. The van der Waals surface area contributed by atoms with Gasteiger partial charge in [0.2, 0.25) is 0 Å². The lowest BCUT2D eigenvalue weighted by Gasteiger charge is -2.38. The van der Waals surface area contributed by atoms with E-state index in [1.165, 1.54) is 0 Å². The normalized spacial score (nSPS) is 26.7. The summed E-state index contributed by atoms with van der Waals surface area (Å²) in [6.07, 6.45) is 2.08. The van der Waals surface area contributed by atoms with E-state index in [0.717, 1.165) is 24.2 Å². The van der Waals surface area contributed by atoms with E-state index in [1.807, 2.05) is 7.05 Å². The van der Waals surface area contributed by atoms with Crippen LogP contribution in [0.25, 0.3) is 0 Å². The minimum Gasteiger partial charge on any atom is -0.393 e. The molecular formula is C14H22N4O3. The maximum atomic E-state index is 12.7. The highest BCUT2D eigenvalue weighted by Crippen LogP contribution is 2.25. The van der Waals surface area contributed by atoms with E-state index in [2.05, 4.69) is 15.1 Å². The number of amides is 1. The Morgan fingerprint density at radius 2 is 2.29 bits per heavy atom. The van der Waals surface area contributed by atoms with Crippen LogP contribution in [0.1, 0.15) is 34.6 Å². The largest absolute Gasteiger partial charge is 0.393 e. The van der Waals surface area contributed by atoms with Gasteiger partial charge in [-0.25, -0.2) is 0 Å². The summed E-state index contributed by atoms with van der Waals surface area (Å²) in [7, 11) is 2.02. The Morgan fingerprint density at radius 1 is 1.48 bits per heavy atom. The van der Waals surface area contributed by atoms with Gasteiger partial charge in [0.1, 0.15) is 5.60 Å². The summed E-state index contributed by atoms with van der Waals surface area (Å²) in [5.74, 6) is -0.158. The van der Waals surface area contributed by atoms with Gasteiger partial charge >= 0.3 is 0 Å². The first-order valence-corrected chi connectivity index (χ1v) is 7.39. The van der Waals surface area contributed by atoms with Crippen LogP contribution in [0.3, 0.4) is 0 Å². The molecule has 116 valence electrons. The molecule has 0 unspecified atom stereocenters. The van der Waals surface area contributed by atoms with Gasteiger partial charge < -0.3 is 20.0 Å². The summed E-state index contributed by atoms with van der Waals surface area (Å²) in [6.45, 7) is 2.11. The van der Waals surface area contributed by atoms with E-state index < -0.39 is 5.60 Å². The minimum absolute atomic E-state index is 0.158. The number of carbonyl (C=O) groups is 1. The van der Waals surface area contributed by atoms with E-state index in [-0.39, 0.29) is 19.1 Å². The molecule has 1 saturated heterocycles. The third kappa shape index (κ3) is 2.68. The maximum Gasteiger partial charge on any atom is 0.274 e. The van der Waals surface area contributed by atoms with Crippen molar-refractivity contribution in [3.63, 3.8) is 0 Å². The number of aliphatic hydroxyl groups is 2. The first kappa shape index (κ1) is 14.5. The number of nitrogens with zero attached hydrogens (tertiary/aromatic N) is 3. The standard InChI is InChI=1S/C14H22N4O3/c1-17-6-3-11-10(7-17)12(16-15-11)13(20)18-5-2-4-14(21,8-18)9-19/h19,21H,2-9H2,1H3,(H,15,16)/t14-/m0/s1. The van der Waals surface area contributed by atoms with E-state index in [0.29, 0.717) is 31.6 Å². The quantitative estimate of drug-likeness (QED) is 0.674. The number of H-pyrrole nitrogens is 1. The van der Waals surface area contributed by atoms with Crippen LogP contribution >= 0.6 is 0 Å². The van der Waals surface area contributed by atoms with E-state index >= 15 is 0 Å². The Bertz CT molecular complexity index is 544. The number of nitrogens with one attached hydrogen (secondary N) is 1. The molecule has 2 aliphatic heterocycles. The molecule has 0 radical (unpaired) electrons. The number of aromatic amines is 1. The van der Waals surface area contributed by atoms with Crippen molar-refractivity contribution in [1.82, 2.24) is 20.0 Å². The van der Waals surface area contributed by atoms with Gasteiger partial charge in [-0.2, -0.15) is 5.10 Å². The predicted molar refractivity (Wildman–Crippen MR) is 75.8 cm³/mol. The maximum absolute atomic E-state index is 12.7. The fraction of sp³-hybridized carbons (Fsp3) is 0.714. The van der Waals surface area contributed by atoms with Crippen molar-refractivity contribution in [2.24, 2.45) is 0 Å². The highest BCUT2D eigenvalue weighted by molar-refractivity contribution is 5.94. The number of likely N-dealkylation sites (tertiary alicyclic amines) is 1. The van der Waals surface area contributed by atoms with Crippen molar-refractivity contribution in [3.05, 3.63) is 17.0 Å². The van der Waals surface area contributed by atoms with Crippen LogP contribution in [0.2, 0.25) is 0 Å². The van der Waals surface area contributed by atoms with Crippen LogP contribution in [0.15, 0.2) is 0 Å². The molecule has 0 bridgehead atoms. The number of β-amino-alcohol motifs (C(OH)–C–C–N with tert-alkyl or cyclic N) is 1. The molecule has 3 rings (SSSR count). The van der Waals surface area contributed by atoms with Gasteiger partial charge in [0.05, 0.1) is 13.2 Å². The Labute approximate surface area is 123 Å². The Kier molecular flexibility index (Phi) is 3.73. The highest BCUT2D eigenvalue weighted by atomic mass is 16.3. The highest BCUT2D eigenvalue weighted by Gasteiger charge is 2.36. The van der Waals surface area contributed by atoms with E-state index in [9.17, 15) is 15.0 Å². The smallest absolute Gasteiger partial charge is 0.274 e. The van der Waals surface area contributed by atoms with Crippen LogP contribution in [0.5, 0.6) is 0 Å². The van der Waals surface area contributed by atoms with Crippen molar-refractivity contribution in [2.75, 3.05) is 33.3 Å². The van der Waals surface area contributed by atoms with Gasteiger partial charge in [-0.1, -0.05) is 0 Å². The molecule has 1 atom stereocenters. The van der Waals surface area contributed by atoms with E-state index in [1.54, 1.807) is 4.90 Å². The lowest BCUT2D eigenvalue weighted by Crippen LogP contribution is -2.52. The van der Waals surface area contributed by atoms with Crippen molar-refractivity contribution in [1.29, 1.82) is 0 Å². The number of fused-ring (bicyclic) bond motifs is 1. The Balaban J connectivity index is 1.81.